The Morgan fingerprint density at radius 1 is 1.25 bits per heavy atom. The maximum Gasteiger partial charge on any atom is 0.308 e. The number of carbonyl (C=O) groups is 1. The van der Waals surface area contributed by atoms with E-state index in [0.717, 1.165) is 0 Å². The van der Waals surface area contributed by atoms with Gasteiger partial charge in [-0.3, -0.25) is 4.79 Å². The Morgan fingerprint density at radius 3 is 2.46 bits per heavy atom. The van der Waals surface area contributed by atoms with Crippen molar-refractivity contribution in [2.45, 2.75) is 18.7 Å². The number of aliphatic carboxylic acids is 1. The van der Waals surface area contributed by atoms with E-state index in [2.05, 4.69) is 0 Å². The van der Waals surface area contributed by atoms with Crippen LogP contribution in [0.5, 0.6) is 5.75 Å². The molecule has 1 N–H and O–H groups in total. The molecule has 0 unspecified atom stereocenters. The molecule has 1 heterocycles. The summed E-state index contributed by atoms with van der Waals surface area (Å²) in [5.74, 6) is -1.27. The molecule has 24 heavy (non-hydrogen) atoms. The highest BCUT2D eigenvalue weighted by Gasteiger charge is 2.40. The molecule has 0 amide bonds. The zero-order valence-electron chi connectivity index (χ0n) is 13.8. The van der Waals surface area contributed by atoms with Crippen LogP contribution in [0.15, 0.2) is 29.2 Å². The molecule has 1 aromatic carbocycles. The highest BCUT2D eigenvalue weighted by Crippen LogP contribution is 2.29. The van der Waals surface area contributed by atoms with Crippen LogP contribution in [0, 0.1) is 11.8 Å². The van der Waals surface area contributed by atoms with Crippen molar-refractivity contribution in [3.05, 3.63) is 24.3 Å². The van der Waals surface area contributed by atoms with Gasteiger partial charge in [-0.2, -0.15) is 4.31 Å². The maximum absolute atomic E-state index is 12.6. The molecule has 134 valence electrons. The SMILES string of the molecule is CCOCCOc1ccc(S(=O)(=O)N2C[C@@H](C)[C@H](C(=O)O)C2)cc1. The topological polar surface area (TPSA) is 93.1 Å². The second-order valence-electron chi connectivity index (χ2n) is 5.76. The lowest BCUT2D eigenvalue weighted by molar-refractivity contribution is -0.142. The Morgan fingerprint density at radius 2 is 1.92 bits per heavy atom. The number of carboxylic acids is 1. The molecule has 0 aromatic heterocycles. The Hall–Kier alpha value is -1.64. The molecule has 0 bridgehead atoms. The maximum atomic E-state index is 12.6. The van der Waals surface area contributed by atoms with Gasteiger partial charge in [0.25, 0.3) is 0 Å². The highest BCUT2D eigenvalue weighted by molar-refractivity contribution is 7.89. The molecule has 2 atom stereocenters. The van der Waals surface area contributed by atoms with Crippen molar-refractivity contribution >= 4 is 16.0 Å². The van der Waals surface area contributed by atoms with E-state index in [0.29, 0.717) is 25.6 Å². The Bertz CT molecular complexity index is 658. The van der Waals surface area contributed by atoms with Crippen molar-refractivity contribution in [1.82, 2.24) is 4.31 Å². The van der Waals surface area contributed by atoms with Gasteiger partial charge in [-0.25, -0.2) is 8.42 Å². The number of sulfonamides is 1. The Kier molecular flexibility index (Phi) is 6.20. The van der Waals surface area contributed by atoms with Gasteiger partial charge in [-0.1, -0.05) is 6.92 Å². The van der Waals surface area contributed by atoms with Crippen LogP contribution < -0.4 is 4.74 Å². The highest BCUT2D eigenvalue weighted by atomic mass is 32.2. The van der Waals surface area contributed by atoms with Crippen molar-refractivity contribution in [3.63, 3.8) is 0 Å². The zero-order valence-corrected chi connectivity index (χ0v) is 14.7. The average Bonchev–Trinajstić information content (AvgIpc) is 2.95. The third-order valence-electron chi connectivity index (χ3n) is 4.06. The minimum atomic E-state index is -3.69. The van der Waals surface area contributed by atoms with Crippen molar-refractivity contribution in [3.8, 4) is 5.75 Å². The fourth-order valence-electron chi connectivity index (χ4n) is 2.66. The minimum Gasteiger partial charge on any atom is -0.491 e. The summed E-state index contributed by atoms with van der Waals surface area (Å²) in [5.41, 5.74) is 0. The number of benzene rings is 1. The minimum absolute atomic E-state index is 0.00540. The van der Waals surface area contributed by atoms with Crippen LogP contribution >= 0.6 is 0 Å². The Balaban J connectivity index is 2.03. The fourth-order valence-corrected chi connectivity index (χ4v) is 4.23. The van der Waals surface area contributed by atoms with Crippen LogP contribution in [0.1, 0.15) is 13.8 Å². The molecule has 1 fully saturated rings. The summed E-state index contributed by atoms with van der Waals surface area (Å²) < 4.78 is 37.1. The number of hydrogen-bond acceptors (Lipinski definition) is 5. The molecule has 7 nitrogen and oxygen atoms in total. The predicted molar refractivity (Wildman–Crippen MR) is 87.5 cm³/mol. The number of rotatable bonds is 8. The predicted octanol–water partition coefficient (Wildman–Crippen LogP) is 1.44. The normalized spacial score (nSPS) is 21.8. The van der Waals surface area contributed by atoms with Crippen molar-refractivity contribution in [2.24, 2.45) is 11.8 Å². The third kappa shape index (κ3) is 4.25. The summed E-state index contributed by atoms with van der Waals surface area (Å²) in [6.07, 6.45) is 0. The lowest BCUT2D eigenvalue weighted by atomic mass is 9.99. The fraction of sp³-hybridized carbons (Fsp3) is 0.562. The van der Waals surface area contributed by atoms with Crippen LogP contribution in [-0.4, -0.2) is 56.7 Å². The van der Waals surface area contributed by atoms with Crippen molar-refractivity contribution < 1.29 is 27.8 Å². The van der Waals surface area contributed by atoms with Gasteiger partial charge in [0.05, 0.1) is 17.4 Å². The van der Waals surface area contributed by atoms with Crippen LogP contribution in [-0.2, 0) is 19.6 Å². The van der Waals surface area contributed by atoms with E-state index in [1.807, 2.05) is 6.92 Å². The molecule has 1 aliphatic rings. The summed E-state index contributed by atoms with van der Waals surface area (Å²) in [7, 11) is -3.69. The van der Waals surface area contributed by atoms with Crippen molar-refractivity contribution in [1.29, 1.82) is 0 Å². The zero-order chi connectivity index (χ0) is 17.7. The largest absolute Gasteiger partial charge is 0.491 e. The van der Waals surface area contributed by atoms with E-state index < -0.39 is 21.9 Å². The smallest absolute Gasteiger partial charge is 0.308 e. The van der Waals surface area contributed by atoms with E-state index in [1.54, 1.807) is 19.1 Å². The number of carboxylic acid groups (broad SMARTS) is 1. The van der Waals surface area contributed by atoms with E-state index in [9.17, 15) is 13.2 Å². The summed E-state index contributed by atoms with van der Waals surface area (Å²) in [4.78, 5) is 11.3. The van der Waals surface area contributed by atoms with E-state index in [-0.39, 0.29) is 23.9 Å². The van der Waals surface area contributed by atoms with Gasteiger partial charge in [-0.05, 0) is 37.1 Å². The molecular weight excluding hydrogens is 334 g/mol. The van der Waals surface area contributed by atoms with Crippen LogP contribution in [0.25, 0.3) is 0 Å². The van der Waals surface area contributed by atoms with Gasteiger partial charge in [0, 0.05) is 19.7 Å². The number of ether oxygens (including phenoxy) is 2. The molecule has 1 aliphatic heterocycles. The molecule has 1 saturated heterocycles. The number of nitrogens with zero attached hydrogens (tertiary/aromatic N) is 1. The lowest BCUT2D eigenvalue weighted by Crippen LogP contribution is -2.30. The quantitative estimate of drug-likeness (QED) is 0.708. The van der Waals surface area contributed by atoms with Gasteiger partial charge in [0.2, 0.25) is 10.0 Å². The molecular formula is C16H23NO6S. The first kappa shape index (κ1) is 18.7. The number of hydrogen-bond donors (Lipinski definition) is 1. The first-order chi connectivity index (χ1) is 11.4. The second-order valence-corrected chi connectivity index (χ2v) is 7.70. The van der Waals surface area contributed by atoms with E-state index in [1.165, 1.54) is 16.4 Å². The van der Waals surface area contributed by atoms with Gasteiger partial charge in [0.1, 0.15) is 12.4 Å². The molecule has 0 spiro atoms. The lowest BCUT2D eigenvalue weighted by Gasteiger charge is -2.16. The first-order valence-corrected chi connectivity index (χ1v) is 9.33. The van der Waals surface area contributed by atoms with Crippen molar-refractivity contribution in [2.75, 3.05) is 32.9 Å². The van der Waals surface area contributed by atoms with E-state index in [4.69, 9.17) is 14.6 Å². The van der Waals surface area contributed by atoms with Crippen LogP contribution in [0.4, 0.5) is 0 Å². The summed E-state index contributed by atoms with van der Waals surface area (Å²) >= 11 is 0. The molecule has 0 aliphatic carbocycles. The average molecular weight is 357 g/mol. The third-order valence-corrected chi connectivity index (χ3v) is 5.90. The van der Waals surface area contributed by atoms with Gasteiger partial charge in [-0.15, -0.1) is 0 Å². The van der Waals surface area contributed by atoms with Crippen LogP contribution in [0.3, 0.4) is 0 Å². The second kappa shape index (κ2) is 7.96. The van der Waals surface area contributed by atoms with Crippen LogP contribution in [0.2, 0.25) is 0 Å². The van der Waals surface area contributed by atoms with E-state index >= 15 is 0 Å². The van der Waals surface area contributed by atoms with Gasteiger partial charge in [0.15, 0.2) is 0 Å². The molecule has 0 saturated carbocycles. The molecule has 2 rings (SSSR count). The van der Waals surface area contributed by atoms with Gasteiger partial charge >= 0.3 is 5.97 Å². The first-order valence-electron chi connectivity index (χ1n) is 7.89. The molecule has 1 aromatic rings. The van der Waals surface area contributed by atoms with Gasteiger partial charge < -0.3 is 14.6 Å². The summed E-state index contributed by atoms with van der Waals surface area (Å²) in [5, 5.41) is 9.15. The summed E-state index contributed by atoms with van der Waals surface area (Å²) in [6, 6.07) is 6.13. The summed E-state index contributed by atoms with van der Waals surface area (Å²) in [6.45, 7) is 5.35. The monoisotopic (exact) mass is 357 g/mol. The molecule has 0 radical (unpaired) electrons. The molecule has 8 heteroatoms. The standard InChI is InChI=1S/C16H23NO6S/c1-3-22-8-9-23-13-4-6-14(7-5-13)24(20,21)17-10-12(2)15(11-17)16(18)19/h4-7,12,15H,3,8-11H2,1-2H3,(H,18,19)/t12-,15-/m1/s1. The Labute approximate surface area is 142 Å².